The van der Waals surface area contributed by atoms with Gasteiger partial charge in [0, 0.05) is 23.0 Å². The van der Waals surface area contributed by atoms with Crippen molar-refractivity contribution in [2.24, 2.45) is 0 Å². The Morgan fingerprint density at radius 1 is 0.644 bits per heavy atom. The third-order valence-electron chi connectivity index (χ3n) is 7.38. The average molecular weight is 597 g/mol. The van der Waals surface area contributed by atoms with Gasteiger partial charge in [-0.15, -0.1) is 0 Å². The average Bonchev–Trinajstić information content (AvgIpc) is 3.56. The van der Waals surface area contributed by atoms with Crippen LogP contribution in [0.5, 0.6) is 23.0 Å². The van der Waals surface area contributed by atoms with E-state index in [-0.39, 0.29) is 0 Å². The normalized spacial score (nSPS) is 10.7. The molecule has 0 aliphatic rings. The summed E-state index contributed by atoms with van der Waals surface area (Å²) in [6.45, 7) is 0.781. The summed E-state index contributed by atoms with van der Waals surface area (Å²) >= 11 is 0. The first-order valence-corrected chi connectivity index (χ1v) is 14.5. The highest BCUT2D eigenvalue weighted by molar-refractivity contribution is 5.77. The van der Waals surface area contributed by atoms with Crippen molar-refractivity contribution in [1.29, 1.82) is 0 Å². The smallest absolute Gasteiger partial charge is 0.150 e. The number of carbonyl (C=O) groups excluding carboxylic acids is 1. The van der Waals surface area contributed by atoms with Crippen molar-refractivity contribution in [1.82, 2.24) is 9.55 Å². The zero-order chi connectivity index (χ0) is 31.0. The molecule has 0 amide bonds. The lowest BCUT2D eigenvalue weighted by molar-refractivity contribution is 0.112. The highest BCUT2D eigenvalue weighted by Gasteiger charge is 2.21. The molecule has 0 saturated heterocycles. The first-order valence-electron chi connectivity index (χ1n) is 14.5. The first-order chi connectivity index (χ1) is 22.1. The van der Waals surface area contributed by atoms with Crippen LogP contribution in [0.1, 0.15) is 21.5 Å². The Labute approximate surface area is 262 Å². The molecule has 5 aromatic carbocycles. The maximum absolute atomic E-state index is 11.4. The van der Waals surface area contributed by atoms with Crippen molar-refractivity contribution in [2.45, 2.75) is 13.2 Å². The summed E-state index contributed by atoms with van der Waals surface area (Å²) in [5.41, 5.74) is 5.68. The van der Waals surface area contributed by atoms with E-state index in [1.807, 2.05) is 120 Å². The molecule has 0 atom stereocenters. The molecule has 0 radical (unpaired) electrons. The van der Waals surface area contributed by atoms with Gasteiger partial charge in [-0.1, -0.05) is 60.7 Å². The molecule has 0 N–H and O–H groups in total. The number of benzene rings is 5. The molecule has 224 valence electrons. The Hall–Kier alpha value is -5.82. The van der Waals surface area contributed by atoms with Crippen LogP contribution in [-0.2, 0) is 13.2 Å². The Morgan fingerprint density at radius 3 is 1.71 bits per heavy atom. The van der Waals surface area contributed by atoms with Crippen LogP contribution in [-0.4, -0.2) is 30.1 Å². The van der Waals surface area contributed by atoms with E-state index in [0.717, 1.165) is 34.2 Å². The summed E-state index contributed by atoms with van der Waals surface area (Å²) in [6.07, 6.45) is 2.78. The number of nitrogens with zero attached hydrogens (tertiary/aromatic N) is 2. The predicted octanol–water partition coefficient (Wildman–Crippen LogP) is 8.19. The van der Waals surface area contributed by atoms with Crippen LogP contribution in [0.25, 0.3) is 28.3 Å². The maximum atomic E-state index is 11.4. The monoisotopic (exact) mass is 596 g/mol. The molecule has 6 rings (SSSR count). The topological polar surface area (TPSA) is 71.8 Å². The Morgan fingerprint density at radius 2 is 1.18 bits per heavy atom. The zero-order valence-corrected chi connectivity index (χ0v) is 25.1. The molecule has 1 heterocycles. The molecule has 0 bridgehead atoms. The van der Waals surface area contributed by atoms with E-state index >= 15 is 0 Å². The van der Waals surface area contributed by atoms with E-state index < -0.39 is 0 Å². The quantitative estimate of drug-likeness (QED) is 0.133. The van der Waals surface area contributed by atoms with Crippen LogP contribution in [0.2, 0.25) is 0 Å². The molecule has 7 nitrogen and oxygen atoms in total. The van der Waals surface area contributed by atoms with E-state index in [4.69, 9.17) is 23.9 Å². The van der Waals surface area contributed by atoms with Crippen LogP contribution in [0, 0.1) is 0 Å². The van der Waals surface area contributed by atoms with Crippen LogP contribution < -0.4 is 18.9 Å². The largest absolute Gasteiger partial charge is 0.497 e. The van der Waals surface area contributed by atoms with Gasteiger partial charge in [-0.3, -0.25) is 9.36 Å². The van der Waals surface area contributed by atoms with E-state index in [1.165, 1.54) is 0 Å². The molecule has 6 aromatic rings. The summed E-state index contributed by atoms with van der Waals surface area (Å²) < 4.78 is 25.9. The van der Waals surface area contributed by atoms with Gasteiger partial charge in [0.05, 0.1) is 25.5 Å². The van der Waals surface area contributed by atoms with E-state index in [9.17, 15) is 4.79 Å². The van der Waals surface area contributed by atoms with Crippen LogP contribution in [0.4, 0.5) is 0 Å². The van der Waals surface area contributed by atoms with Crippen molar-refractivity contribution in [3.63, 3.8) is 0 Å². The molecule has 0 aliphatic carbocycles. The van der Waals surface area contributed by atoms with Gasteiger partial charge in [0.2, 0.25) is 0 Å². The second-order valence-electron chi connectivity index (χ2n) is 10.3. The number of hydrogen-bond donors (Lipinski definition) is 0. The van der Waals surface area contributed by atoms with E-state index in [2.05, 4.69) is 0 Å². The summed E-state index contributed by atoms with van der Waals surface area (Å²) in [5, 5.41) is 0. The van der Waals surface area contributed by atoms with Crippen molar-refractivity contribution >= 4 is 6.29 Å². The third kappa shape index (κ3) is 6.73. The fourth-order valence-electron chi connectivity index (χ4n) is 4.98. The number of methoxy groups -OCH3 is 2. The Kier molecular flexibility index (Phi) is 8.88. The fourth-order valence-corrected chi connectivity index (χ4v) is 4.98. The van der Waals surface area contributed by atoms with Gasteiger partial charge in [0.1, 0.15) is 48.3 Å². The molecule has 0 saturated carbocycles. The van der Waals surface area contributed by atoms with Crippen molar-refractivity contribution < 1.29 is 23.7 Å². The highest BCUT2D eigenvalue weighted by Crippen LogP contribution is 2.39. The number of hydrogen-bond acceptors (Lipinski definition) is 6. The number of imidazole rings is 1. The lowest BCUT2D eigenvalue weighted by atomic mass is 10.1. The second kappa shape index (κ2) is 13.7. The van der Waals surface area contributed by atoms with Crippen LogP contribution in [0.15, 0.2) is 128 Å². The van der Waals surface area contributed by atoms with Gasteiger partial charge in [-0.2, -0.15) is 0 Å². The number of carbonyl (C=O) groups is 1. The zero-order valence-electron chi connectivity index (χ0n) is 25.1. The van der Waals surface area contributed by atoms with E-state index in [1.54, 1.807) is 26.4 Å². The standard InChI is InChI=1S/C38H32N2O5/c1-42-31-17-19-36(44-25-28-9-5-3-6-10-28)33(21-31)35-23-40(30-15-13-27(24-41)14-16-30)38(39-35)34-22-32(43-2)18-20-37(34)45-26-29-11-7-4-8-12-29/h3-24H,25-26H2,1-2H3. The van der Waals surface area contributed by atoms with E-state index in [0.29, 0.717) is 53.3 Å². The molecular formula is C38H32N2O5. The summed E-state index contributed by atoms with van der Waals surface area (Å²) in [7, 11) is 3.26. The Balaban J connectivity index is 1.48. The Bertz CT molecular complexity index is 1880. The minimum Gasteiger partial charge on any atom is -0.497 e. The van der Waals surface area contributed by atoms with Crippen LogP contribution in [0.3, 0.4) is 0 Å². The summed E-state index contributed by atoms with van der Waals surface area (Å²) in [6, 6.07) is 38.7. The van der Waals surface area contributed by atoms with Gasteiger partial charge < -0.3 is 18.9 Å². The molecule has 1 aromatic heterocycles. The third-order valence-corrected chi connectivity index (χ3v) is 7.38. The van der Waals surface area contributed by atoms with Gasteiger partial charge in [0.15, 0.2) is 0 Å². The summed E-state index contributed by atoms with van der Waals surface area (Å²) in [4.78, 5) is 16.6. The number of rotatable bonds is 12. The SMILES string of the molecule is COc1ccc(OCc2ccccc2)c(-c2cn(-c3ccc(C=O)cc3)c(-c3cc(OC)ccc3OCc3ccccc3)n2)c1. The lowest BCUT2D eigenvalue weighted by Gasteiger charge is -2.15. The van der Waals surface area contributed by atoms with Crippen molar-refractivity contribution in [3.05, 3.63) is 144 Å². The van der Waals surface area contributed by atoms with Crippen molar-refractivity contribution in [3.8, 4) is 51.3 Å². The van der Waals surface area contributed by atoms with Crippen LogP contribution >= 0.6 is 0 Å². The van der Waals surface area contributed by atoms with Gasteiger partial charge in [-0.25, -0.2) is 4.98 Å². The van der Waals surface area contributed by atoms with Gasteiger partial charge in [0.25, 0.3) is 0 Å². The number of ether oxygens (including phenoxy) is 4. The first kappa shape index (κ1) is 29.3. The molecule has 0 spiro atoms. The summed E-state index contributed by atoms with van der Waals surface area (Å²) in [5.74, 6) is 3.28. The molecule has 0 aliphatic heterocycles. The highest BCUT2D eigenvalue weighted by atomic mass is 16.5. The number of aldehydes is 1. The fraction of sp³-hybridized carbons (Fsp3) is 0.105. The molecule has 0 unspecified atom stereocenters. The second-order valence-corrected chi connectivity index (χ2v) is 10.3. The molecular weight excluding hydrogens is 564 g/mol. The molecule has 0 fully saturated rings. The van der Waals surface area contributed by atoms with Crippen molar-refractivity contribution in [2.75, 3.05) is 14.2 Å². The van der Waals surface area contributed by atoms with Gasteiger partial charge >= 0.3 is 0 Å². The minimum atomic E-state index is 0.384. The molecule has 45 heavy (non-hydrogen) atoms. The minimum absolute atomic E-state index is 0.384. The van der Waals surface area contributed by atoms with Gasteiger partial charge in [-0.05, 0) is 71.8 Å². The molecule has 7 heteroatoms. The number of aromatic nitrogens is 2. The lowest BCUT2D eigenvalue weighted by Crippen LogP contribution is -2.01. The predicted molar refractivity (Wildman–Crippen MR) is 174 cm³/mol. The maximum Gasteiger partial charge on any atom is 0.150 e.